The van der Waals surface area contributed by atoms with Crippen LogP contribution in [0.3, 0.4) is 0 Å². The molecule has 0 aliphatic carbocycles. The average molecular weight is 340 g/mol. The molecule has 1 aliphatic rings. The summed E-state index contributed by atoms with van der Waals surface area (Å²) in [6.07, 6.45) is 0. The highest BCUT2D eigenvalue weighted by Crippen LogP contribution is 2.32. The molecule has 0 aromatic heterocycles. The topological polar surface area (TPSA) is 78.9 Å². The smallest absolute Gasteiger partial charge is 0.265 e. The summed E-state index contributed by atoms with van der Waals surface area (Å²) in [4.78, 5) is 26.1. The molecule has 2 N–H and O–H groups in total. The maximum absolute atomic E-state index is 12.4. The van der Waals surface area contributed by atoms with Gasteiger partial charge >= 0.3 is 0 Å². The van der Waals surface area contributed by atoms with E-state index in [4.69, 9.17) is 4.74 Å². The number of fused-ring (bicyclic) bond motifs is 1. The zero-order chi connectivity index (χ0) is 17.8. The Labute approximate surface area is 146 Å². The van der Waals surface area contributed by atoms with E-state index in [2.05, 4.69) is 5.32 Å². The van der Waals surface area contributed by atoms with Gasteiger partial charge in [-0.1, -0.05) is 36.4 Å². The third-order valence-corrected chi connectivity index (χ3v) is 4.08. The van der Waals surface area contributed by atoms with Crippen LogP contribution in [0.4, 0.5) is 5.69 Å². The molecule has 1 atom stereocenters. The molecule has 0 unspecified atom stereocenters. The number of benzene rings is 2. The Morgan fingerprint density at radius 3 is 2.76 bits per heavy atom. The molecule has 2 aromatic carbocycles. The minimum atomic E-state index is -0.512. The Morgan fingerprint density at radius 2 is 2.04 bits per heavy atom. The van der Waals surface area contributed by atoms with Gasteiger partial charge in [-0.15, -0.1) is 0 Å². The van der Waals surface area contributed by atoms with Gasteiger partial charge in [-0.2, -0.15) is 0 Å². The fourth-order valence-corrected chi connectivity index (χ4v) is 2.79. The second kappa shape index (κ2) is 7.36. The number of nitrogens with zero attached hydrogens (tertiary/aromatic N) is 1. The summed E-state index contributed by atoms with van der Waals surface area (Å²) in [6.45, 7) is 1.48. The number of hydrogen-bond donors (Lipinski definition) is 2. The van der Waals surface area contributed by atoms with E-state index in [9.17, 15) is 14.7 Å². The molecular formula is C19H20N2O4. The minimum Gasteiger partial charge on any atom is -0.482 e. The van der Waals surface area contributed by atoms with Crippen molar-refractivity contribution >= 4 is 17.5 Å². The van der Waals surface area contributed by atoms with E-state index in [-0.39, 0.29) is 31.6 Å². The number of nitrogens with one attached hydrogen (secondary N) is 1. The van der Waals surface area contributed by atoms with Crippen LogP contribution in [0.5, 0.6) is 5.75 Å². The Kier molecular flexibility index (Phi) is 5.00. The van der Waals surface area contributed by atoms with Crippen molar-refractivity contribution in [1.29, 1.82) is 0 Å². The van der Waals surface area contributed by atoms with E-state index in [1.54, 1.807) is 6.07 Å². The van der Waals surface area contributed by atoms with Crippen LogP contribution in [0.15, 0.2) is 48.5 Å². The molecule has 1 heterocycles. The van der Waals surface area contributed by atoms with Crippen molar-refractivity contribution in [2.75, 3.05) is 24.7 Å². The van der Waals surface area contributed by atoms with Crippen LogP contribution in [0.2, 0.25) is 0 Å². The number of amides is 2. The Balaban J connectivity index is 1.74. The van der Waals surface area contributed by atoms with Gasteiger partial charge < -0.3 is 15.2 Å². The van der Waals surface area contributed by atoms with Crippen LogP contribution in [0.25, 0.3) is 0 Å². The first-order valence-electron chi connectivity index (χ1n) is 8.07. The van der Waals surface area contributed by atoms with Crippen LogP contribution < -0.4 is 15.0 Å². The van der Waals surface area contributed by atoms with E-state index in [1.165, 1.54) is 4.90 Å². The third-order valence-electron chi connectivity index (χ3n) is 4.08. The van der Waals surface area contributed by atoms with Gasteiger partial charge in [0.25, 0.3) is 5.91 Å². The number of hydrogen-bond acceptors (Lipinski definition) is 4. The molecule has 0 radical (unpaired) electrons. The van der Waals surface area contributed by atoms with Crippen molar-refractivity contribution in [2.24, 2.45) is 0 Å². The summed E-state index contributed by atoms with van der Waals surface area (Å²) >= 11 is 0. The van der Waals surface area contributed by atoms with E-state index < -0.39 is 6.04 Å². The van der Waals surface area contributed by atoms with E-state index >= 15 is 0 Å². The first-order chi connectivity index (χ1) is 12.1. The molecule has 2 aromatic rings. The highest BCUT2D eigenvalue weighted by atomic mass is 16.5. The molecule has 130 valence electrons. The molecule has 25 heavy (non-hydrogen) atoms. The Bertz CT molecular complexity index is 776. The predicted octanol–water partition coefficient (Wildman–Crippen LogP) is 1.57. The standard InChI is InChI=1S/C19H20N2O4/c1-13-7-8-17-16(9-13)21(19(24)12-25-17)10-18(23)20-15(11-22)14-5-3-2-4-6-14/h2-9,15,22H,10-12H2,1H3,(H,20,23)/t15-/m0/s1. The highest BCUT2D eigenvalue weighted by Gasteiger charge is 2.28. The van der Waals surface area contributed by atoms with Crippen molar-refractivity contribution in [1.82, 2.24) is 5.32 Å². The molecular weight excluding hydrogens is 320 g/mol. The third kappa shape index (κ3) is 3.80. The highest BCUT2D eigenvalue weighted by molar-refractivity contribution is 6.02. The lowest BCUT2D eigenvalue weighted by molar-refractivity contribution is -0.125. The number of rotatable bonds is 5. The number of aliphatic hydroxyl groups excluding tert-OH is 1. The Hall–Kier alpha value is -2.86. The normalized spacial score (nSPS) is 14.5. The minimum absolute atomic E-state index is 0.0918. The maximum atomic E-state index is 12.4. The first kappa shape index (κ1) is 17.0. The number of anilines is 1. The van der Waals surface area contributed by atoms with Crippen LogP contribution in [0.1, 0.15) is 17.2 Å². The monoisotopic (exact) mass is 340 g/mol. The van der Waals surface area contributed by atoms with Crippen molar-refractivity contribution in [2.45, 2.75) is 13.0 Å². The van der Waals surface area contributed by atoms with Crippen molar-refractivity contribution in [3.63, 3.8) is 0 Å². The van der Waals surface area contributed by atoms with Crippen molar-refractivity contribution in [3.8, 4) is 5.75 Å². The zero-order valence-electron chi connectivity index (χ0n) is 13.9. The second-order valence-corrected chi connectivity index (χ2v) is 5.95. The first-order valence-corrected chi connectivity index (χ1v) is 8.07. The van der Waals surface area contributed by atoms with Gasteiger partial charge in [0.2, 0.25) is 5.91 Å². The van der Waals surface area contributed by atoms with Gasteiger partial charge in [0.15, 0.2) is 6.61 Å². The number of aryl methyl sites for hydroxylation is 1. The van der Waals surface area contributed by atoms with Crippen LogP contribution in [-0.4, -0.2) is 36.7 Å². The van der Waals surface area contributed by atoms with Gasteiger partial charge in [-0.25, -0.2) is 0 Å². The lowest BCUT2D eigenvalue weighted by Crippen LogP contribution is -2.46. The van der Waals surface area contributed by atoms with E-state index in [1.807, 2.05) is 49.4 Å². The van der Waals surface area contributed by atoms with E-state index in [0.717, 1.165) is 11.1 Å². The average Bonchev–Trinajstić information content (AvgIpc) is 2.63. The summed E-state index contributed by atoms with van der Waals surface area (Å²) in [5, 5.41) is 12.3. The second-order valence-electron chi connectivity index (χ2n) is 5.95. The van der Waals surface area contributed by atoms with Gasteiger partial charge in [-0.05, 0) is 30.2 Å². The predicted molar refractivity (Wildman–Crippen MR) is 93.4 cm³/mol. The summed E-state index contributed by atoms with van der Waals surface area (Å²) in [7, 11) is 0. The molecule has 1 aliphatic heterocycles. The zero-order valence-corrected chi connectivity index (χ0v) is 13.9. The molecule has 3 rings (SSSR count). The lowest BCUT2D eigenvalue weighted by Gasteiger charge is -2.29. The quantitative estimate of drug-likeness (QED) is 0.866. The molecule has 0 saturated heterocycles. The largest absolute Gasteiger partial charge is 0.482 e. The van der Waals surface area contributed by atoms with E-state index in [0.29, 0.717) is 11.4 Å². The van der Waals surface area contributed by atoms with Gasteiger partial charge in [0, 0.05) is 0 Å². The molecule has 0 spiro atoms. The number of aliphatic hydroxyl groups is 1. The van der Waals surface area contributed by atoms with Crippen LogP contribution in [0, 0.1) is 6.92 Å². The van der Waals surface area contributed by atoms with Crippen LogP contribution >= 0.6 is 0 Å². The summed E-state index contributed by atoms with van der Waals surface area (Å²) in [6, 6.07) is 14.2. The molecule has 0 fully saturated rings. The fourth-order valence-electron chi connectivity index (χ4n) is 2.79. The number of carbonyl (C=O) groups excluding carboxylic acids is 2. The van der Waals surface area contributed by atoms with Crippen LogP contribution in [-0.2, 0) is 9.59 Å². The van der Waals surface area contributed by atoms with Crippen molar-refractivity contribution in [3.05, 3.63) is 59.7 Å². The van der Waals surface area contributed by atoms with Gasteiger partial charge in [0.05, 0.1) is 18.3 Å². The number of ether oxygens (including phenoxy) is 1. The maximum Gasteiger partial charge on any atom is 0.265 e. The Morgan fingerprint density at radius 1 is 1.28 bits per heavy atom. The fraction of sp³-hybridized carbons (Fsp3) is 0.263. The molecule has 0 saturated carbocycles. The van der Waals surface area contributed by atoms with Gasteiger partial charge in [0.1, 0.15) is 12.3 Å². The molecule has 6 heteroatoms. The SMILES string of the molecule is Cc1ccc2c(c1)N(CC(=O)N[C@@H](CO)c1ccccc1)C(=O)CO2. The molecule has 0 bridgehead atoms. The lowest BCUT2D eigenvalue weighted by atomic mass is 10.1. The molecule has 2 amide bonds. The molecule has 6 nitrogen and oxygen atoms in total. The summed E-state index contributed by atoms with van der Waals surface area (Å²) < 4.78 is 5.41. The summed E-state index contributed by atoms with van der Waals surface area (Å²) in [5.74, 6) is -0.0288. The van der Waals surface area contributed by atoms with Gasteiger partial charge in [-0.3, -0.25) is 14.5 Å². The summed E-state index contributed by atoms with van der Waals surface area (Å²) in [5.41, 5.74) is 2.37. The van der Waals surface area contributed by atoms with Crippen molar-refractivity contribution < 1.29 is 19.4 Å². The number of carbonyl (C=O) groups is 2.